The van der Waals surface area contributed by atoms with Crippen LogP contribution in [0.2, 0.25) is 0 Å². The van der Waals surface area contributed by atoms with Crippen LogP contribution < -0.4 is 9.47 Å². The minimum absolute atomic E-state index is 0.617. The van der Waals surface area contributed by atoms with E-state index in [1.54, 1.807) is 11.3 Å². The molecule has 1 heterocycles. The van der Waals surface area contributed by atoms with Gasteiger partial charge in [-0.3, -0.25) is 0 Å². The number of benzene rings is 1. The van der Waals surface area contributed by atoms with Crippen LogP contribution >= 0.6 is 24.0 Å². The van der Waals surface area contributed by atoms with Crippen LogP contribution in [0.4, 0.5) is 0 Å². The highest BCUT2D eigenvalue weighted by molar-refractivity contribution is 7.79. The van der Waals surface area contributed by atoms with E-state index in [-0.39, 0.29) is 0 Å². The van der Waals surface area contributed by atoms with Crippen molar-refractivity contribution in [1.29, 1.82) is 0 Å². The number of ether oxygens (including phenoxy) is 2. The Balaban J connectivity index is 2.28. The van der Waals surface area contributed by atoms with Gasteiger partial charge in [0.15, 0.2) is 11.5 Å². The zero-order valence-electron chi connectivity index (χ0n) is 11.8. The first-order chi connectivity index (χ1) is 9.78. The number of aromatic nitrogens is 1. The molecule has 5 heteroatoms. The number of thiol groups is 1. The van der Waals surface area contributed by atoms with E-state index in [0.717, 1.165) is 33.4 Å². The second kappa shape index (κ2) is 7.55. The van der Waals surface area contributed by atoms with Crippen LogP contribution in [-0.2, 0) is 5.75 Å². The summed E-state index contributed by atoms with van der Waals surface area (Å²) in [5.74, 6) is 2.29. The minimum Gasteiger partial charge on any atom is -0.490 e. The summed E-state index contributed by atoms with van der Waals surface area (Å²) in [6.07, 6.45) is 2.85. The largest absolute Gasteiger partial charge is 0.490 e. The molecule has 3 nitrogen and oxygen atoms in total. The van der Waals surface area contributed by atoms with E-state index in [4.69, 9.17) is 9.47 Å². The Kier molecular flexibility index (Phi) is 5.73. The zero-order valence-corrected chi connectivity index (χ0v) is 13.5. The molecule has 0 aliphatic rings. The fraction of sp³-hybridized carbons (Fsp3) is 0.400. The van der Waals surface area contributed by atoms with Gasteiger partial charge in [0.2, 0.25) is 0 Å². The summed E-state index contributed by atoms with van der Waals surface area (Å²) in [4.78, 5) is 5.58. The summed E-state index contributed by atoms with van der Waals surface area (Å²) in [5.41, 5.74) is 1.05. The van der Waals surface area contributed by atoms with Crippen LogP contribution in [0.1, 0.15) is 25.1 Å². The molecule has 0 aliphatic heterocycles. The van der Waals surface area contributed by atoms with Crippen molar-refractivity contribution in [1.82, 2.24) is 4.98 Å². The fourth-order valence-corrected chi connectivity index (χ4v) is 2.80. The second-order valence-electron chi connectivity index (χ2n) is 4.23. The summed E-state index contributed by atoms with van der Waals surface area (Å²) < 4.78 is 11.4. The highest BCUT2D eigenvalue weighted by atomic mass is 32.1. The van der Waals surface area contributed by atoms with Crippen molar-refractivity contribution in [3.8, 4) is 22.1 Å². The first kappa shape index (κ1) is 15.2. The summed E-state index contributed by atoms with van der Waals surface area (Å²) in [6.45, 7) is 5.37. The minimum atomic E-state index is 0.617. The molecule has 108 valence electrons. The van der Waals surface area contributed by atoms with E-state index in [1.165, 1.54) is 0 Å². The maximum absolute atomic E-state index is 5.70. The van der Waals surface area contributed by atoms with Gasteiger partial charge >= 0.3 is 0 Å². The van der Waals surface area contributed by atoms with Crippen LogP contribution in [0.25, 0.3) is 10.6 Å². The van der Waals surface area contributed by atoms with Crippen molar-refractivity contribution in [3.05, 3.63) is 29.3 Å². The van der Waals surface area contributed by atoms with Crippen molar-refractivity contribution < 1.29 is 9.47 Å². The van der Waals surface area contributed by atoms with Gasteiger partial charge in [-0.05, 0) is 31.5 Å². The Labute approximate surface area is 129 Å². The number of hydrogen-bond donors (Lipinski definition) is 1. The number of nitrogens with zero attached hydrogens (tertiary/aromatic N) is 1. The highest BCUT2D eigenvalue weighted by Gasteiger charge is 2.10. The predicted molar refractivity (Wildman–Crippen MR) is 87.2 cm³/mol. The molecule has 1 aromatic carbocycles. The van der Waals surface area contributed by atoms with Crippen LogP contribution in [0.3, 0.4) is 0 Å². The Morgan fingerprint density at radius 3 is 2.70 bits per heavy atom. The standard InChI is InChI=1S/C15H19NO2S2/c1-3-7-18-13-6-5-11(8-14(13)17-4-2)15-16-9-12(10-19)20-15/h5-6,8-9,19H,3-4,7,10H2,1-2H3. The van der Waals surface area contributed by atoms with Crippen molar-refractivity contribution >= 4 is 24.0 Å². The molecule has 0 radical (unpaired) electrons. The van der Waals surface area contributed by atoms with Gasteiger partial charge in [-0.25, -0.2) is 4.98 Å². The molecule has 0 atom stereocenters. The lowest BCUT2D eigenvalue weighted by atomic mass is 10.2. The molecule has 1 aromatic heterocycles. The van der Waals surface area contributed by atoms with Gasteiger partial charge < -0.3 is 9.47 Å². The van der Waals surface area contributed by atoms with Crippen molar-refractivity contribution in [2.75, 3.05) is 13.2 Å². The predicted octanol–water partition coefficient (Wildman–Crippen LogP) is 4.43. The third-order valence-corrected chi connectivity index (χ3v) is 4.26. The molecule has 0 unspecified atom stereocenters. The van der Waals surface area contributed by atoms with Crippen molar-refractivity contribution in [3.63, 3.8) is 0 Å². The smallest absolute Gasteiger partial charge is 0.161 e. The van der Waals surface area contributed by atoms with Gasteiger partial charge in [-0.1, -0.05) is 6.92 Å². The van der Waals surface area contributed by atoms with Gasteiger partial charge in [0.1, 0.15) is 5.01 Å². The third-order valence-electron chi connectivity index (χ3n) is 2.66. The van der Waals surface area contributed by atoms with Crippen LogP contribution in [0, 0.1) is 0 Å². The molecular weight excluding hydrogens is 290 g/mol. The molecular formula is C15H19NO2S2. The lowest BCUT2D eigenvalue weighted by Gasteiger charge is -2.12. The maximum Gasteiger partial charge on any atom is 0.161 e. The average molecular weight is 309 g/mol. The van der Waals surface area contributed by atoms with Gasteiger partial charge in [-0.2, -0.15) is 12.6 Å². The Morgan fingerprint density at radius 1 is 1.20 bits per heavy atom. The molecule has 20 heavy (non-hydrogen) atoms. The molecule has 0 N–H and O–H groups in total. The number of rotatable bonds is 7. The summed E-state index contributed by atoms with van der Waals surface area (Å²) in [5, 5.41) is 0.983. The Morgan fingerprint density at radius 2 is 2.05 bits per heavy atom. The Hall–Kier alpha value is -1.20. The van der Waals surface area contributed by atoms with E-state index in [9.17, 15) is 0 Å². The van der Waals surface area contributed by atoms with Crippen molar-refractivity contribution in [2.45, 2.75) is 26.0 Å². The van der Waals surface area contributed by atoms with Gasteiger partial charge in [0.05, 0.1) is 13.2 Å². The monoisotopic (exact) mass is 309 g/mol. The van der Waals surface area contributed by atoms with Gasteiger partial charge in [0, 0.05) is 22.4 Å². The first-order valence-corrected chi connectivity index (χ1v) is 8.19. The zero-order chi connectivity index (χ0) is 14.4. The topological polar surface area (TPSA) is 31.4 Å². The summed E-state index contributed by atoms with van der Waals surface area (Å²) in [7, 11) is 0. The highest BCUT2D eigenvalue weighted by Crippen LogP contribution is 2.34. The first-order valence-electron chi connectivity index (χ1n) is 6.74. The summed E-state index contributed by atoms with van der Waals surface area (Å²) >= 11 is 5.92. The molecule has 2 aromatic rings. The normalized spacial score (nSPS) is 10.6. The molecule has 2 rings (SSSR count). The van der Waals surface area contributed by atoms with Gasteiger partial charge in [-0.15, -0.1) is 11.3 Å². The van der Waals surface area contributed by atoms with E-state index in [1.807, 2.05) is 31.3 Å². The van der Waals surface area contributed by atoms with E-state index < -0.39 is 0 Å². The van der Waals surface area contributed by atoms with Crippen LogP contribution in [0.5, 0.6) is 11.5 Å². The second-order valence-corrected chi connectivity index (χ2v) is 5.66. The molecule has 0 aliphatic carbocycles. The lowest BCUT2D eigenvalue weighted by molar-refractivity contribution is 0.277. The molecule has 0 saturated heterocycles. The van der Waals surface area contributed by atoms with Crippen LogP contribution in [0.15, 0.2) is 24.4 Å². The maximum atomic E-state index is 5.70. The van der Waals surface area contributed by atoms with E-state index in [2.05, 4.69) is 24.5 Å². The average Bonchev–Trinajstić information content (AvgIpc) is 2.95. The quantitative estimate of drug-likeness (QED) is 0.768. The SMILES string of the molecule is CCCOc1ccc(-c2ncc(CS)s2)cc1OCC. The van der Waals surface area contributed by atoms with Crippen LogP contribution in [-0.4, -0.2) is 18.2 Å². The number of hydrogen-bond acceptors (Lipinski definition) is 5. The third kappa shape index (κ3) is 3.67. The van der Waals surface area contributed by atoms with Crippen molar-refractivity contribution in [2.24, 2.45) is 0 Å². The van der Waals surface area contributed by atoms with E-state index in [0.29, 0.717) is 19.0 Å². The molecule has 0 saturated carbocycles. The van der Waals surface area contributed by atoms with E-state index >= 15 is 0 Å². The molecule has 0 bridgehead atoms. The lowest BCUT2D eigenvalue weighted by Crippen LogP contribution is -2.00. The summed E-state index contributed by atoms with van der Waals surface area (Å²) in [6, 6.07) is 5.97. The fourth-order valence-electron chi connectivity index (χ4n) is 1.75. The van der Waals surface area contributed by atoms with Gasteiger partial charge in [0.25, 0.3) is 0 Å². The number of thiazole rings is 1. The Bertz CT molecular complexity index is 555. The molecule has 0 spiro atoms. The molecule has 0 amide bonds. The molecule has 0 fully saturated rings.